The lowest BCUT2D eigenvalue weighted by Crippen LogP contribution is -2.65. The largest absolute Gasteiger partial charge is 0.481 e. The summed E-state index contributed by atoms with van der Waals surface area (Å²) >= 11 is 0. The Morgan fingerprint density at radius 1 is 1.03 bits per heavy atom. The SMILES string of the molecule is CC(NC(=O)OCC1c2ccccc2-c2ccccc21)(C(=O)NC[C@@H]1C[C@@H]1C(=O)O)C(F)(F)F. The molecule has 180 valence electrons. The maximum atomic E-state index is 13.8. The van der Waals surface area contributed by atoms with Gasteiger partial charge in [0, 0.05) is 12.5 Å². The smallest absolute Gasteiger partial charge is 0.420 e. The van der Waals surface area contributed by atoms with E-state index in [1.165, 1.54) is 0 Å². The summed E-state index contributed by atoms with van der Waals surface area (Å²) in [5, 5.41) is 12.7. The van der Waals surface area contributed by atoms with Crippen LogP contribution in [0.1, 0.15) is 30.4 Å². The molecule has 1 fully saturated rings. The summed E-state index contributed by atoms with van der Waals surface area (Å²) in [5.41, 5.74) is 0.469. The summed E-state index contributed by atoms with van der Waals surface area (Å²) in [6.45, 7) is 0.108. The van der Waals surface area contributed by atoms with Crippen molar-refractivity contribution >= 4 is 18.0 Å². The molecule has 2 aromatic rings. The highest BCUT2D eigenvalue weighted by atomic mass is 19.4. The molecule has 0 saturated heterocycles. The molecule has 7 nitrogen and oxygen atoms in total. The van der Waals surface area contributed by atoms with E-state index < -0.39 is 41.5 Å². The second-order valence-corrected chi connectivity index (χ2v) is 8.72. The molecule has 2 aromatic carbocycles. The molecule has 3 atom stereocenters. The zero-order valence-corrected chi connectivity index (χ0v) is 18.2. The summed E-state index contributed by atoms with van der Waals surface area (Å²) in [6, 6.07) is 15.0. The monoisotopic (exact) mass is 476 g/mol. The number of carboxylic acid groups (broad SMARTS) is 1. The fraction of sp³-hybridized carbons (Fsp3) is 0.375. The highest BCUT2D eigenvalue weighted by Gasteiger charge is 2.58. The van der Waals surface area contributed by atoms with Gasteiger partial charge in [0.2, 0.25) is 5.54 Å². The normalized spacial score (nSPS) is 20.5. The van der Waals surface area contributed by atoms with Gasteiger partial charge in [-0.3, -0.25) is 14.9 Å². The van der Waals surface area contributed by atoms with Crippen molar-refractivity contribution in [2.24, 2.45) is 11.8 Å². The molecule has 2 aliphatic rings. The number of fused-ring (bicyclic) bond motifs is 3. The van der Waals surface area contributed by atoms with Gasteiger partial charge in [-0.05, 0) is 41.5 Å². The van der Waals surface area contributed by atoms with Crippen molar-refractivity contribution in [3.8, 4) is 11.1 Å². The van der Waals surface area contributed by atoms with Crippen molar-refractivity contribution in [1.29, 1.82) is 0 Å². The molecule has 2 amide bonds. The molecule has 0 heterocycles. The molecule has 0 aliphatic heterocycles. The molecule has 1 saturated carbocycles. The number of hydrogen-bond acceptors (Lipinski definition) is 4. The van der Waals surface area contributed by atoms with Crippen LogP contribution in [0.15, 0.2) is 48.5 Å². The van der Waals surface area contributed by atoms with Crippen LogP contribution in [0.2, 0.25) is 0 Å². The van der Waals surface area contributed by atoms with Crippen LogP contribution in [0.3, 0.4) is 0 Å². The minimum atomic E-state index is -5.11. The third kappa shape index (κ3) is 4.32. The predicted molar refractivity (Wildman–Crippen MR) is 115 cm³/mol. The van der Waals surface area contributed by atoms with E-state index in [1.807, 2.05) is 48.5 Å². The van der Waals surface area contributed by atoms with E-state index >= 15 is 0 Å². The fourth-order valence-electron chi connectivity index (χ4n) is 4.27. The zero-order chi connectivity index (χ0) is 24.7. The van der Waals surface area contributed by atoms with Crippen LogP contribution in [-0.4, -0.2) is 47.9 Å². The van der Waals surface area contributed by atoms with E-state index in [4.69, 9.17) is 9.84 Å². The van der Waals surface area contributed by atoms with Crippen LogP contribution in [0.4, 0.5) is 18.0 Å². The number of alkyl carbamates (subject to hydrolysis) is 1. The maximum absolute atomic E-state index is 13.8. The Bertz CT molecular complexity index is 1090. The van der Waals surface area contributed by atoms with E-state index in [0.29, 0.717) is 6.92 Å². The van der Waals surface area contributed by atoms with Crippen molar-refractivity contribution in [3.05, 3.63) is 59.7 Å². The van der Waals surface area contributed by atoms with Gasteiger partial charge in [0.1, 0.15) is 6.61 Å². The van der Waals surface area contributed by atoms with Crippen LogP contribution in [0, 0.1) is 11.8 Å². The number of carbonyl (C=O) groups excluding carboxylic acids is 2. The Morgan fingerprint density at radius 2 is 1.59 bits per heavy atom. The van der Waals surface area contributed by atoms with Crippen LogP contribution in [0.25, 0.3) is 11.1 Å². The average molecular weight is 476 g/mol. The lowest BCUT2D eigenvalue weighted by molar-refractivity contribution is -0.194. The standard InChI is InChI=1S/C24H23F3N2O5/c1-23(24(25,26)27,21(32)28-11-13-10-18(13)20(30)31)29-22(33)34-12-19-16-8-4-2-6-14(16)15-7-3-5-9-17(15)19/h2-9,13,18-19H,10-12H2,1H3,(H,28,32)(H,29,33)(H,30,31)/t13-,18-,23?/m0/s1. The number of halogens is 3. The molecule has 10 heteroatoms. The molecular formula is C24H23F3N2O5. The van der Waals surface area contributed by atoms with Gasteiger partial charge >= 0.3 is 18.2 Å². The molecule has 3 N–H and O–H groups in total. The predicted octanol–water partition coefficient (Wildman–Crippen LogP) is 3.68. The van der Waals surface area contributed by atoms with Crippen LogP contribution < -0.4 is 10.6 Å². The number of alkyl halides is 3. The minimum absolute atomic E-state index is 0.211. The quantitative estimate of drug-likeness (QED) is 0.566. The number of benzene rings is 2. The molecule has 0 radical (unpaired) electrons. The first-order valence-corrected chi connectivity index (χ1v) is 10.7. The van der Waals surface area contributed by atoms with Crippen LogP contribution in [-0.2, 0) is 14.3 Å². The topological polar surface area (TPSA) is 105 Å². The third-order valence-corrected chi connectivity index (χ3v) is 6.48. The lowest BCUT2D eigenvalue weighted by Gasteiger charge is -2.31. The number of ether oxygens (including phenoxy) is 1. The molecule has 0 spiro atoms. The van der Waals surface area contributed by atoms with Crippen molar-refractivity contribution in [3.63, 3.8) is 0 Å². The van der Waals surface area contributed by atoms with Crippen molar-refractivity contribution < 1.29 is 37.4 Å². The Hall–Kier alpha value is -3.56. The van der Waals surface area contributed by atoms with Crippen LogP contribution >= 0.6 is 0 Å². The number of amides is 2. The van der Waals surface area contributed by atoms with Gasteiger partial charge < -0.3 is 15.2 Å². The summed E-state index contributed by atoms with van der Waals surface area (Å²) in [4.78, 5) is 35.7. The number of nitrogens with one attached hydrogen (secondary N) is 2. The summed E-state index contributed by atoms with van der Waals surface area (Å²) in [6.07, 6.45) is -6.22. The van der Waals surface area contributed by atoms with E-state index in [0.717, 1.165) is 22.3 Å². The second kappa shape index (κ2) is 8.66. The Kier molecular flexibility index (Phi) is 6.01. The number of rotatable bonds is 7. The second-order valence-electron chi connectivity index (χ2n) is 8.72. The highest BCUT2D eigenvalue weighted by molar-refractivity contribution is 5.90. The summed E-state index contributed by atoms with van der Waals surface area (Å²) < 4.78 is 46.5. The van der Waals surface area contributed by atoms with Gasteiger partial charge in [-0.15, -0.1) is 0 Å². The summed E-state index contributed by atoms with van der Waals surface area (Å²) in [7, 11) is 0. The Morgan fingerprint density at radius 3 is 2.09 bits per heavy atom. The van der Waals surface area contributed by atoms with Gasteiger partial charge in [-0.1, -0.05) is 48.5 Å². The molecular weight excluding hydrogens is 453 g/mol. The van der Waals surface area contributed by atoms with Crippen molar-refractivity contribution in [2.45, 2.75) is 31.0 Å². The Labute approximate surface area is 193 Å². The van der Waals surface area contributed by atoms with Crippen molar-refractivity contribution in [2.75, 3.05) is 13.2 Å². The fourth-order valence-corrected chi connectivity index (χ4v) is 4.27. The van der Waals surface area contributed by atoms with Gasteiger partial charge in [-0.25, -0.2) is 4.79 Å². The molecule has 2 aliphatic carbocycles. The van der Waals surface area contributed by atoms with Gasteiger partial charge in [-0.2, -0.15) is 13.2 Å². The van der Waals surface area contributed by atoms with Gasteiger partial charge in [0.05, 0.1) is 5.92 Å². The molecule has 1 unspecified atom stereocenters. The first-order chi connectivity index (χ1) is 16.0. The van der Waals surface area contributed by atoms with Gasteiger partial charge in [0.15, 0.2) is 0 Å². The Balaban J connectivity index is 1.42. The molecule has 34 heavy (non-hydrogen) atoms. The maximum Gasteiger partial charge on any atom is 0.420 e. The van der Waals surface area contributed by atoms with Crippen LogP contribution in [0.5, 0.6) is 0 Å². The first-order valence-electron chi connectivity index (χ1n) is 10.7. The number of carboxylic acids is 1. The molecule has 4 rings (SSSR count). The number of carbonyl (C=O) groups is 3. The minimum Gasteiger partial charge on any atom is -0.481 e. The van der Waals surface area contributed by atoms with E-state index in [1.54, 1.807) is 5.32 Å². The summed E-state index contributed by atoms with van der Waals surface area (Å²) in [5.74, 6) is -4.02. The third-order valence-electron chi connectivity index (χ3n) is 6.48. The van der Waals surface area contributed by atoms with E-state index in [-0.39, 0.29) is 25.5 Å². The number of hydrogen-bond donors (Lipinski definition) is 3. The molecule has 0 bridgehead atoms. The zero-order valence-electron chi connectivity index (χ0n) is 18.2. The first kappa shape index (κ1) is 23.6. The van der Waals surface area contributed by atoms with E-state index in [9.17, 15) is 27.6 Å². The van der Waals surface area contributed by atoms with E-state index in [2.05, 4.69) is 5.32 Å². The molecule has 0 aromatic heterocycles. The van der Waals surface area contributed by atoms with Gasteiger partial charge in [0.25, 0.3) is 5.91 Å². The highest BCUT2D eigenvalue weighted by Crippen LogP contribution is 2.44. The number of aliphatic carboxylic acids is 1. The average Bonchev–Trinajstić information content (AvgIpc) is 3.51. The lowest BCUT2D eigenvalue weighted by atomic mass is 9.98. The van der Waals surface area contributed by atoms with Crippen molar-refractivity contribution in [1.82, 2.24) is 10.6 Å².